The number of nitrogens with one attached hydrogen (secondary N) is 1. The molecule has 1 unspecified atom stereocenters. The number of rotatable bonds is 11. The van der Waals surface area contributed by atoms with E-state index < -0.39 is 6.04 Å². The first-order chi connectivity index (χ1) is 17.9. The van der Waals surface area contributed by atoms with Crippen LogP contribution in [-0.4, -0.2) is 36.1 Å². The van der Waals surface area contributed by atoms with E-state index in [-0.39, 0.29) is 31.6 Å². The zero-order valence-electron chi connectivity index (χ0n) is 21.3. The normalized spacial score (nSPS) is 12.9. The molecule has 0 bridgehead atoms. The average molecular weight is 521 g/mol. The van der Waals surface area contributed by atoms with Crippen LogP contribution in [0.1, 0.15) is 37.0 Å². The van der Waals surface area contributed by atoms with Crippen LogP contribution in [0, 0.1) is 5.92 Å². The molecule has 7 heteroatoms. The summed E-state index contributed by atoms with van der Waals surface area (Å²) in [6, 6.07) is 22.3. The van der Waals surface area contributed by atoms with Gasteiger partial charge in [0.15, 0.2) is 11.5 Å². The van der Waals surface area contributed by atoms with Gasteiger partial charge in [-0.05, 0) is 47.2 Å². The Balaban J connectivity index is 1.60. The van der Waals surface area contributed by atoms with Crippen molar-refractivity contribution in [3.05, 3.63) is 94.5 Å². The molecule has 4 rings (SSSR count). The summed E-state index contributed by atoms with van der Waals surface area (Å²) in [6.07, 6.45) is 1.16. The van der Waals surface area contributed by atoms with Gasteiger partial charge in [0.25, 0.3) is 0 Å². The van der Waals surface area contributed by atoms with Crippen molar-refractivity contribution in [2.24, 2.45) is 5.92 Å². The van der Waals surface area contributed by atoms with Gasteiger partial charge in [-0.25, -0.2) is 0 Å². The van der Waals surface area contributed by atoms with Crippen LogP contribution in [0.3, 0.4) is 0 Å². The Morgan fingerprint density at radius 3 is 2.43 bits per heavy atom. The zero-order chi connectivity index (χ0) is 26.2. The van der Waals surface area contributed by atoms with Crippen LogP contribution in [0.4, 0.5) is 0 Å². The Bertz CT molecular complexity index is 1220. The van der Waals surface area contributed by atoms with E-state index in [9.17, 15) is 9.59 Å². The highest BCUT2D eigenvalue weighted by Crippen LogP contribution is 2.33. The Hall–Kier alpha value is -3.51. The first kappa shape index (κ1) is 26.6. The summed E-state index contributed by atoms with van der Waals surface area (Å²) in [5, 5.41) is 3.61. The lowest BCUT2D eigenvalue weighted by Gasteiger charge is -2.32. The quantitative estimate of drug-likeness (QED) is 0.367. The number of benzene rings is 3. The molecule has 0 saturated carbocycles. The number of aryl methyl sites for hydroxylation is 1. The van der Waals surface area contributed by atoms with E-state index in [4.69, 9.17) is 21.1 Å². The minimum atomic E-state index is -0.679. The molecule has 1 atom stereocenters. The van der Waals surface area contributed by atoms with Gasteiger partial charge in [-0.1, -0.05) is 80.0 Å². The van der Waals surface area contributed by atoms with Gasteiger partial charge in [0.1, 0.15) is 6.04 Å². The first-order valence-corrected chi connectivity index (χ1v) is 13.0. The maximum atomic E-state index is 13.8. The number of carbonyl (C=O) groups excluding carboxylic acids is 2. The van der Waals surface area contributed by atoms with Crippen molar-refractivity contribution in [2.75, 3.05) is 13.3 Å². The van der Waals surface area contributed by atoms with Crippen LogP contribution in [0.2, 0.25) is 5.02 Å². The SMILES string of the molecule is CC(C)CNC(=O)C(Cc1ccccc1)N(Cc1ccccc1Cl)C(=O)CCc1ccc2c(c1)OCO2. The molecule has 1 aliphatic heterocycles. The van der Waals surface area contributed by atoms with Crippen LogP contribution >= 0.6 is 11.6 Å². The monoisotopic (exact) mass is 520 g/mol. The second-order valence-electron chi connectivity index (χ2n) is 9.65. The standard InChI is InChI=1S/C30H33ClN2O4/c1-21(2)18-32-30(35)26(16-22-8-4-3-5-9-22)33(19-24-10-6-7-11-25(24)31)29(34)15-13-23-12-14-27-28(17-23)37-20-36-27/h3-12,14,17,21,26H,13,15-16,18-20H2,1-2H3,(H,32,35). The second-order valence-corrected chi connectivity index (χ2v) is 10.1. The number of carbonyl (C=O) groups is 2. The minimum Gasteiger partial charge on any atom is -0.454 e. The Kier molecular flexibility index (Phi) is 9.07. The largest absolute Gasteiger partial charge is 0.454 e. The summed E-state index contributed by atoms with van der Waals surface area (Å²) in [7, 11) is 0. The van der Waals surface area contributed by atoms with Crippen molar-refractivity contribution >= 4 is 23.4 Å². The van der Waals surface area contributed by atoms with Gasteiger partial charge in [0.05, 0.1) is 0 Å². The fraction of sp³-hybridized carbons (Fsp3) is 0.333. The van der Waals surface area contributed by atoms with Gasteiger partial charge < -0.3 is 19.7 Å². The maximum absolute atomic E-state index is 13.8. The third kappa shape index (κ3) is 7.26. The van der Waals surface area contributed by atoms with E-state index in [1.807, 2.05) is 80.6 Å². The lowest BCUT2D eigenvalue weighted by molar-refractivity contribution is -0.141. The highest BCUT2D eigenvalue weighted by molar-refractivity contribution is 6.31. The number of fused-ring (bicyclic) bond motifs is 1. The molecular formula is C30H33ClN2O4. The third-order valence-electron chi connectivity index (χ3n) is 6.32. The summed E-state index contributed by atoms with van der Waals surface area (Å²) in [6.45, 7) is 5.08. The Morgan fingerprint density at radius 1 is 0.946 bits per heavy atom. The number of hydrogen-bond acceptors (Lipinski definition) is 4. The molecular weight excluding hydrogens is 488 g/mol. The minimum absolute atomic E-state index is 0.113. The lowest BCUT2D eigenvalue weighted by Crippen LogP contribution is -2.51. The summed E-state index contributed by atoms with van der Waals surface area (Å²) >= 11 is 6.48. The van der Waals surface area contributed by atoms with Crippen LogP contribution < -0.4 is 14.8 Å². The molecule has 1 heterocycles. The first-order valence-electron chi connectivity index (χ1n) is 12.6. The zero-order valence-corrected chi connectivity index (χ0v) is 22.0. The molecule has 1 N–H and O–H groups in total. The molecule has 0 aliphatic carbocycles. The van der Waals surface area contributed by atoms with E-state index in [1.165, 1.54) is 0 Å². The smallest absolute Gasteiger partial charge is 0.243 e. The highest BCUT2D eigenvalue weighted by Gasteiger charge is 2.30. The van der Waals surface area contributed by atoms with Crippen LogP contribution in [0.15, 0.2) is 72.8 Å². The number of amides is 2. The fourth-order valence-corrected chi connectivity index (χ4v) is 4.47. The Morgan fingerprint density at radius 2 is 1.68 bits per heavy atom. The van der Waals surface area contributed by atoms with Crippen molar-refractivity contribution in [2.45, 2.75) is 45.7 Å². The van der Waals surface area contributed by atoms with Gasteiger partial charge >= 0.3 is 0 Å². The molecule has 0 spiro atoms. The van der Waals surface area contributed by atoms with Crippen LogP contribution in [0.5, 0.6) is 11.5 Å². The van der Waals surface area contributed by atoms with E-state index in [0.717, 1.165) is 16.7 Å². The third-order valence-corrected chi connectivity index (χ3v) is 6.69. The van der Waals surface area contributed by atoms with E-state index >= 15 is 0 Å². The number of nitrogens with zero attached hydrogens (tertiary/aromatic N) is 1. The van der Waals surface area contributed by atoms with Crippen molar-refractivity contribution in [1.29, 1.82) is 0 Å². The molecule has 3 aromatic rings. The van der Waals surface area contributed by atoms with Gasteiger partial charge in [0, 0.05) is 31.0 Å². The predicted octanol–water partition coefficient (Wildman–Crippen LogP) is 5.41. The molecule has 37 heavy (non-hydrogen) atoms. The van der Waals surface area contributed by atoms with Crippen molar-refractivity contribution in [1.82, 2.24) is 10.2 Å². The summed E-state index contributed by atoms with van der Waals surface area (Å²) in [4.78, 5) is 29.0. The molecule has 6 nitrogen and oxygen atoms in total. The van der Waals surface area contributed by atoms with Gasteiger partial charge in [-0.3, -0.25) is 9.59 Å². The van der Waals surface area contributed by atoms with E-state index in [0.29, 0.717) is 41.8 Å². The van der Waals surface area contributed by atoms with Gasteiger partial charge in [-0.15, -0.1) is 0 Å². The molecule has 0 radical (unpaired) electrons. The Labute approximate surface area is 223 Å². The van der Waals surface area contributed by atoms with Gasteiger partial charge in [-0.2, -0.15) is 0 Å². The number of halogens is 1. The average Bonchev–Trinajstić information content (AvgIpc) is 3.37. The van der Waals surface area contributed by atoms with Crippen LogP contribution in [-0.2, 0) is 29.0 Å². The molecule has 1 aliphatic rings. The summed E-state index contributed by atoms with van der Waals surface area (Å²) in [5.74, 6) is 1.41. The summed E-state index contributed by atoms with van der Waals surface area (Å²) < 4.78 is 10.9. The van der Waals surface area contributed by atoms with Crippen molar-refractivity contribution < 1.29 is 19.1 Å². The lowest BCUT2D eigenvalue weighted by atomic mass is 10.0. The summed E-state index contributed by atoms with van der Waals surface area (Å²) in [5.41, 5.74) is 2.76. The molecule has 0 saturated heterocycles. The van der Waals surface area contributed by atoms with E-state index in [1.54, 1.807) is 11.0 Å². The number of ether oxygens (including phenoxy) is 2. The number of hydrogen-bond donors (Lipinski definition) is 1. The van der Waals surface area contributed by atoms with Crippen molar-refractivity contribution in [3.63, 3.8) is 0 Å². The molecule has 0 aromatic heterocycles. The molecule has 0 fully saturated rings. The topological polar surface area (TPSA) is 67.9 Å². The van der Waals surface area contributed by atoms with Crippen LogP contribution in [0.25, 0.3) is 0 Å². The van der Waals surface area contributed by atoms with Gasteiger partial charge in [0.2, 0.25) is 18.6 Å². The highest BCUT2D eigenvalue weighted by atomic mass is 35.5. The molecule has 194 valence electrons. The fourth-order valence-electron chi connectivity index (χ4n) is 4.28. The van der Waals surface area contributed by atoms with E-state index in [2.05, 4.69) is 5.32 Å². The molecule has 3 aromatic carbocycles. The second kappa shape index (κ2) is 12.6. The predicted molar refractivity (Wildman–Crippen MR) is 145 cm³/mol. The maximum Gasteiger partial charge on any atom is 0.243 e. The molecule has 2 amide bonds. The van der Waals surface area contributed by atoms with Crippen molar-refractivity contribution in [3.8, 4) is 11.5 Å².